The van der Waals surface area contributed by atoms with Crippen LogP contribution < -0.4 is 9.47 Å². The molecule has 0 bridgehead atoms. The van der Waals surface area contributed by atoms with Crippen LogP contribution in [-0.2, 0) is 16.0 Å². The fraction of sp³-hybridized carbons (Fsp3) is 0.304. The average molecular weight is 448 g/mol. The first-order chi connectivity index (χ1) is 14.7. The highest BCUT2D eigenvalue weighted by atomic mass is 35.5. The molecule has 2 N–H and O–H groups in total. The fourth-order valence-electron chi connectivity index (χ4n) is 3.44. The van der Waals surface area contributed by atoms with Crippen molar-refractivity contribution in [3.63, 3.8) is 0 Å². The van der Waals surface area contributed by atoms with Crippen molar-refractivity contribution in [1.29, 1.82) is 0 Å². The highest BCUT2D eigenvalue weighted by Gasteiger charge is 2.35. The van der Waals surface area contributed by atoms with Crippen molar-refractivity contribution in [2.24, 2.45) is 5.92 Å². The number of carbonyl (C=O) groups is 2. The Bertz CT molecular complexity index is 927. The van der Waals surface area contributed by atoms with E-state index in [0.717, 1.165) is 29.5 Å². The smallest absolute Gasteiger partial charge is 0.328 e. The number of rotatable bonds is 7. The van der Waals surface area contributed by atoms with Crippen LogP contribution in [0, 0.1) is 5.92 Å². The maximum absolute atomic E-state index is 9.55. The maximum Gasteiger partial charge on any atom is 0.328 e. The minimum atomic E-state index is -1.26. The molecule has 31 heavy (non-hydrogen) atoms. The van der Waals surface area contributed by atoms with Crippen molar-refractivity contribution in [1.82, 2.24) is 4.90 Å². The van der Waals surface area contributed by atoms with Gasteiger partial charge in [0.25, 0.3) is 0 Å². The molecule has 2 unspecified atom stereocenters. The van der Waals surface area contributed by atoms with Gasteiger partial charge in [-0.3, -0.25) is 0 Å². The molecule has 2 atom stereocenters. The van der Waals surface area contributed by atoms with Crippen LogP contribution in [0.3, 0.4) is 0 Å². The van der Waals surface area contributed by atoms with Crippen molar-refractivity contribution in [2.75, 3.05) is 27.7 Å². The lowest BCUT2D eigenvalue weighted by Crippen LogP contribution is -2.27. The number of benzene rings is 2. The SMILES string of the molecule is COc1ccccc1OC1c2cc(Cl)ccc2CC1CN(C)C.O=C(O)C=CC(=O)O. The van der Waals surface area contributed by atoms with Crippen LogP contribution in [0.1, 0.15) is 17.2 Å². The molecule has 0 aliphatic heterocycles. The number of fused-ring (bicyclic) bond motifs is 1. The van der Waals surface area contributed by atoms with Gasteiger partial charge in [0.05, 0.1) is 7.11 Å². The van der Waals surface area contributed by atoms with Crippen LogP contribution in [0.4, 0.5) is 0 Å². The Kier molecular flexibility index (Phi) is 8.90. The summed E-state index contributed by atoms with van der Waals surface area (Å²) in [7, 11) is 5.85. The summed E-state index contributed by atoms with van der Waals surface area (Å²) in [5.74, 6) is -0.591. The second-order valence-electron chi connectivity index (χ2n) is 7.27. The van der Waals surface area contributed by atoms with Gasteiger partial charge in [0.2, 0.25) is 0 Å². The molecule has 2 aromatic carbocycles. The molecule has 0 amide bonds. The van der Waals surface area contributed by atoms with Gasteiger partial charge in [-0.05, 0) is 55.9 Å². The van der Waals surface area contributed by atoms with E-state index in [4.69, 9.17) is 31.3 Å². The zero-order valence-electron chi connectivity index (χ0n) is 17.6. The minimum Gasteiger partial charge on any atom is -0.493 e. The van der Waals surface area contributed by atoms with Gasteiger partial charge in [-0.2, -0.15) is 0 Å². The van der Waals surface area contributed by atoms with Gasteiger partial charge >= 0.3 is 11.9 Å². The number of methoxy groups -OCH3 is 1. The first-order valence-electron chi connectivity index (χ1n) is 9.58. The molecule has 1 aliphatic rings. The van der Waals surface area contributed by atoms with Crippen LogP contribution in [0.2, 0.25) is 5.02 Å². The average Bonchev–Trinajstić information content (AvgIpc) is 3.03. The van der Waals surface area contributed by atoms with Crippen molar-refractivity contribution in [2.45, 2.75) is 12.5 Å². The second kappa shape index (κ2) is 11.4. The standard InChI is InChI=1S/C19H22ClNO2.C4H4O4/c1-21(2)12-14-10-13-8-9-15(20)11-16(13)19(14)23-18-7-5-4-6-17(18)22-3;5-3(6)1-2-4(7)8/h4-9,11,14,19H,10,12H2,1-3H3;1-2H,(H,5,6)(H,7,8). The van der Waals surface area contributed by atoms with Crippen LogP contribution in [-0.4, -0.2) is 54.8 Å². The summed E-state index contributed by atoms with van der Waals surface area (Å²) in [4.78, 5) is 21.3. The largest absolute Gasteiger partial charge is 0.493 e. The molecule has 0 saturated carbocycles. The van der Waals surface area contributed by atoms with Crippen LogP contribution in [0.15, 0.2) is 54.6 Å². The third-order valence-electron chi connectivity index (χ3n) is 4.62. The first-order valence-corrected chi connectivity index (χ1v) is 9.95. The van der Waals surface area contributed by atoms with Crippen LogP contribution in [0.5, 0.6) is 11.5 Å². The summed E-state index contributed by atoms with van der Waals surface area (Å²) in [6, 6.07) is 13.9. The number of nitrogens with zero attached hydrogens (tertiary/aromatic N) is 1. The first kappa shape index (κ1) is 24.2. The summed E-state index contributed by atoms with van der Waals surface area (Å²) in [5.41, 5.74) is 2.51. The van der Waals surface area contributed by atoms with E-state index in [1.54, 1.807) is 7.11 Å². The molecule has 1 aliphatic carbocycles. The Morgan fingerprint density at radius 1 is 1.10 bits per heavy atom. The highest BCUT2D eigenvalue weighted by molar-refractivity contribution is 6.30. The van der Waals surface area contributed by atoms with E-state index in [1.165, 1.54) is 11.1 Å². The Morgan fingerprint density at radius 2 is 1.71 bits per heavy atom. The topological polar surface area (TPSA) is 96.3 Å². The number of halogens is 1. The number of hydrogen-bond acceptors (Lipinski definition) is 5. The van der Waals surface area contributed by atoms with E-state index in [0.29, 0.717) is 18.1 Å². The van der Waals surface area contributed by atoms with Gasteiger partial charge in [-0.15, -0.1) is 0 Å². The Hall–Kier alpha value is -3.03. The van der Waals surface area contributed by atoms with Gasteiger partial charge in [-0.25, -0.2) is 9.59 Å². The molecule has 0 heterocycles. The van der Waals surface area contributed by atoms with E-state index in [9.17, 15) is 9.59 Å². The summed E-state index contributed by atoms with van der Waals surface area (Å²) in [5, 5.41) is 16.4. The highest BCUT2D eigenvalue weighted by Crippen LogP contribution is 2.42. The van der Waals surface area contributed by atoms with E-state index < -0.39 is 11.9 Å². The number of carboxylic acid groups (broad SMARTS) is 2. The molecule has 2 aromatic rings. The van der Waals surface area contributed by atoms with Gasteiger partial charge in [0, 0.05) is 29.6 Å². The lowest BCUT2D eigenvalue weighted by atomic mass is 10.0. The molecule has 166 valence electrons. The normalized spacial score (nSPS) is 17.1. The molecule has 3 rings (SSSR count). The molecule has 0 radical (unpaired) electrons. The van der Waals surface area contributed by atoms with E-state index in [-0.39, 0.29) is 6.10 Å². The number of para-hydroxylation sites is 2. The number of aliphatic carboxylic acids is 2. The van der Waals surface area contributed by atoms with Gasteiger partial charge in [0.1, 0.15) is 6.10 Å². The third kappa shape index (κ3) is 7.31. The van der Waals surface area contributed by atoms with Crippen LogP contribution >= 0.6 is 11.6 Å². The lowest BCUT2D eigenvalue weighted by Gasteiger charge is -2.25. The minimum absolute atomic E-state index is 0.0117. The predicted molar refractivity (Wildman–Crippen MR) is 118 cm³/mol. The summed E-state index contributed by atoms with van der Waals surface area (Å²) in [6.45, 7) is 0.964. The maximum atomic E-state index is 9.55. The second-order valence-corrected chi connectivity index (χ2v) is 7.71. The van der Waals surface area contributed by atoms with Crippen molar-refractivity contribution in [3.05, 3.63) is 70.8 Å². The molecule has 7 nitrogen and oxygen atoms in total. The lowest BCUT2D eigenvalue weighted by molar-refractivity contribution is -0.134. The third-order valence-corrected chi connectivity index (χ3v) is 4.85. The van der Waals surface area contributed by atoms with Gasteiger partial charge in [-0.1, -0.05) is 29.8 Å². The fourth-order valence-corrected chi connectivity index (χ4v) is 3.63. The zero-order valence-corrected chi connectivity index (χ0v) is 18.4. The monoisotopic (exact) mass is 447 g/mol. The number of carboxylic acids is 2. The van der Waals surface area contributed by atoms with E-state index in [2.05, 4.69) is 25.1 Å². The van der Waals surface area contributed by atoms with Crippen LogP contribution in [0.25, 0.3) is 0 Å². The van der Waals surface area contributed by atoms with E-state index >= 15 is 0 Å². The zero-order chi connectivity index (χ0) is 23.0. The molecular weight excluding hydrogens is 422 g/mol. The molecule has 0 spiro atoms. The van der Waals surface area contributed by atoms with E-state index in [1.807, 2.05) is 36.4 Å². The van der Waals surface area contributed by atoms with Gasteiger partial charge in [0.15, 0.2) is 11.5 Å². The number of ether oxygens (including phenoxy) is 2. The molecule has 0 aromatic heterocycles. The summed E-state index contributed by atoms with van der Waals surface area (Å²) in [6.07, 6.45) is 2.11. The van der Waals surface area contributed by atoms with Gasteiger partial charge < -0.3 is 24.6 Å². The van der Waals surface area contributed by atoms with Crippen molar-refractivity contribution >= 4 is 23.5 Å². The molecular formula is C23H26ClNO6. The quantitative estimate of drug-likeness (QED) is 0.621. The Labute approximate surface area is 186 Å². The Balaban J connectivity index is 0.000000366. The molecule has 8 heteroatoms. The summed E-state index contributed by atoms with van der Waals surface area (Å²) < 4.78 is 11.8. The van der Waals surface area contributed by atoms with Crippen molar-refractivity contribution < 1.29 is 29.3 Å². The summed E-state index contributed by atoms with van der Waals surface area (Å²) >= 11 is 6.21. The Morgan fingerprint density at radius 3 is 2.26 bits per heavy atom. The number of hydrogen-bond donors (Lipinski definition) is 2. The molecule has 0 saturated heterocycles. The molecule has 0 fully saturated rings. The predicted octanol–water partition coefficient (Wildman–Crippen LogP) is 3.91. The van der Waals surface area contributed by atoms with Crippen molar-refractivity contribution in [3.8, 4) is 11.5 Å².